The van der Waals surface area contributed by atoms with Crippen molar-refractivity contribution in [1.82, 2.24) is 10.2 Å². The minimum absolute atomic E-state index is 0.285. The lowest BCUT2D eigenvalue weighted by Gasteiger charge is -2.38. The van der Waals surface area contributed by atoms with Crippen LogP contribution in [0.25, 0.3) is 0 Å². The summed E-state index contributed by atoms with van der Waals surface area (Å²) < 4.78 is 0. The molecule has 0 aromatic heterocycles. The van der Waals surface area contributed by atoms with Crippen molar-refractivity contribution in [2.24, 2.45) is 10.7 Å². The van der Waals surface area contributed by atoms with E-state index < -0.39 is 0 Å². The first-order valence-corrected chi connectivity index (χ1v) is 5.05. The Bertz CT molecular complexity index is 279. The van der Waals surface area contributed by atoms with Gasteiger partial charge in [-0.3, -0.25) is 0 Å². The molecule has 1 fully saturated rings. The molecule has 0 aromatic rings. The number of amidine groups is 1. The lowest BCUT2D eigenvalue weighted by molar-refractivity contribution is 0.184. The van der Waals surface area contributed by atoms with Crippen LogP contribution >= 0.6 is 0 Å². The Morgan fingerprint density at radius 1 is 1.57 bits per heavy atom. The van der Waals surface area contributed by atoms with Crippen LogP contribution in [0.2, 0.25) is 0 Å². The summed E-state index contributed by atoms with van der Waals surface area (Å²) in [4.78, 5) is 17.2. The van der Waals surface area contributed by atoms with Crippen LogP contribution in [0.5, 0.6) is 0 Å². The molecule has 2 rings (SSSR count). The van der Waals surface area contributed by atoms with Gasteiger partial charge >= 0.3 is 6.03 Å². The third kappa shape index (κ3) is 1.37. The molecule has 0 radical (unpaired) electrons. The fraction of sp³-hybridized carbons (Fsp3) is 0.778. The van der Waals surface area contributed by atoms with Crippen molar-refractivity contribution in [2.45, 2.75) is 25.3 Å². The molecule has 3 N–H and O–H groups in total. The normalized spacial score (nSPS) is 26.4. The van der Waals surface area contributed by atoms with Crippen molar-refractivity contribution >= 4 is 11.9 Å². The molecule has 0 atom stereocenters. The Morgan fingerprint density at radius 3 is 2.64 bits per heavy atom. The van der Waals surface area contributed by atoms with E-state index in [1.807, 2.05) is 0 Å². The highest BCUT2D eigenvalue weighted by atomic mass is 16.2. The standard InChI is InChI=1S/C9H16N4O/c1-2-13-5-3-9(4-6-13)7(10)11-8(14)12-9/h2-6H2,1H3,(H3,10,11,12,14). The van der Waals surface area contributed by atoms with Gasteiger partial charge in [0.2, 0.25) is 0 Å². The second-order valence-corrected chi connectivity index (χ2v) is 3.94. The molecule has 2 aliphatic rings. The number of piperidine rings is 1. The van der Waals surface area contributed by atoms with Crippen molar-refractivity contribution in [2.75, 3.05) is 19.6 Å². The SMILES string of the molecule is CCN1CCC2(CC1)NC(=O)N=C2N. The first kappa shape index (κ1) is 9.45. The Balaban J connectivity index is 2.07. The van der Waals surface area contributed by atoms with Gasteiger partial charge in [0.05, 0.1) is 0 Å². The van der Waals surface area contributed by atoms with Gasteiger partial charge in [-0.2, -0.15) is 4.99 Å². The van der Waals surface area contributed by atoms with Crippen LogP contribution in [-0.4, -0.2) is 41.9 Å². The third-order valence-corrected chi connectivity index (χ3v) is 3.22. The second-order valence-electron chi connectivity index (χ2n) is 3.94. The van der Waals surface area contributed by atoms with Crippen LogP contribution < -0.4 is 11.1 Å². The predicted octanol–water partition coefficient (Wildman–Crippen LogP) is -0.0787. The number of hydrogen-bond donors (Lipinski definition) is 2. The maximum absolute atomic E-state index is 11.1. The van der Waals surface area contributed by atoms with Crippen molar-refractivity contribution in [3.63, 3.8) is 0 Å². The fourth-order valence-corrected chi connectivity index (χ4v) is 2.15. The molecule has 2 amide bonds. The molecule has 0 bridgehead atoms. The van der Waals surface area contributed by atoms with Crippen molar-refractivity contribution in [3.8, 4) is 0 Å². The van der Waals surface area contributed by atoms with Gasteiger partial charge in [0.15, 0.2) is 0 Å². The number of likely N-dealkylation sites (tertiary alicyclic amines) is 1. The summed E-state index contributed by atoms with van der Waals surface area (Å²) in [6.07, 6.45) is 1.75. The van der Waals surface area contributed by atoms with Crippen LogP contribution in [0.1, 0.15) is 19.8 Å². The number of nitrogens with zero attached hydrogens (tertiary/aromatic N) is 2. The fourth-order valence-electron chi connectivity index (χ4n) is 2.15. The average molecular weight is 196 g/mol. The molecular weight excluding hydrogens is 180 g/mol. The van der Waals surface area contributed by atoms with Crippen LogP contribution in [0.15, 0.2) is 4.99 Å². The van der Waals surface area contributed by atoms with Crippen molar-refractivity contribution in [1.29, 1.82) is 0 Å². The molecule has 2 aliphatic heterocycles. The van der Waals surface area contributed by atoms with E-state index in [1.165, 1.54) is 0 Å². The highest BCUT2D eigenvalue weighted by molar-refractivity contribution is 6.05. The Morgan fingerprint density at radius 2 is 2.21 bits per heavy atom. The highest BCUT2D eigenvalue weighted by Crippen LogP contribution is 2.25. The van der Waals surface area contributed by atoms with Gasteiger partial charge in [-0.1, -0.05) is 6.92 Å². The number of nitrogens with two attached hydrogens (primary N) is 1. The van der Waals surface area contributed by atoms with Crippen LogP contribution in [0.3, 0.4) is 0 Å². The summed E-state index contributed by atoms with van der Waals surface area (Å²) in [6, 6.07) is -0.285. The molecule has 0 aromatic carbocycles. The molecule has 1 saturated heterocycles. The molecule has 78 valence electrons. The third-order valence-electron chi connectivity index (χ3n) is 3.22. The monoisotopic (exact) mass is 196 g/mol. The quantitative estimate of drug-likeness (QED) is 0.616. The average Bonchev–Trinajstić information content (AvgIpc) is 2.43. The minimum Gasteiger partial charge on any atom is -0.385 e. The summed E-state index contributed by atoms with van der Waals surface area (Å²) in [5.74, 6) is 0.471. The van der Waals surface area contributed by atoms with E-state index in [4.69, 9.17) is 5.73 Å². The molecule has 0 saturated carbocycles. The summed E-state index contributed by atoms with van der Waals surface area (Å²) in [6.45, 7) is 5.16. The number of rotatable bonds is 1. The van der Waals surface area contributed by atoms with E-state index in [0.29, 0.717) is 5.84 Å². The molecular formula is C9H16N4O. The molecule has 5 heteroatoms. The molecule has 0 aliphatic carbocycles. The van der Waals surface area contributed by atoms with Gasteiger partial charge in [0, 0.05) is 13.1 Å². The maximum Gasteiger partial charge on any atom is 0.343 e. The number of aliphatic imine (C=N–C) groups is 1. The van der Waals surface area contributed by atoms with E-state index in [2.05, 4.69) is 22.1 Å². The van der Waals surface area contributed by atoms with Crippen molar-refractivity contribution < 1.29 is 4.79 Å². The number of urea groups is 1. The van der Waals surface area contributed by atoms with E-state index in [9.17, 15) is 4.79 Å². The first-order valence-electron chi connectivity index (χ1n) is 5.05. The summed E-state index contributed by atoms with van der Waals surface area (Å²) in [5, 5.41) is 2.87. The zero-order valence-electron chi connectivity index (χ0n) is 8.42. The zero-order valence-corrected chi connectivity index (χ0v) is 8.42. The van der Waals surface area contributed by atoms with Gasteiger partial charge in [-0.15, -0.1) is 0 Å². The van der Waals surface area contributed by atoms with Gasteiger partial charge in [-0.25, -0.2) is 4.79 Å². The van der Waals surface area contributed by atoms with Crippen LogP contribution in [-0.2, 0) is 0 Å². The summed E-state index contributed by atoms with van der Waals surface area (Å²) in [5.41, 5.74) is 5.44. The molecule has 0 unspecified atom stereocenters. The number of hydrogen-bond acceptors (Lipinski definition) is 3. The van der Waals surface area contributed by atoms with E-state index >= 15 is 0 Å². The van der Waals surface area contributed by atoms with E-state index in [0.717, 1.165) is 32.5 Å². The zero-order chi connectivity index (χ0) is 10.2. The van der Waals surface area contributed by atoms with E-state index in [-0.39, 0.29) is 11.6 Å². The Kier molecular flexibility index (Phi) is 2.19. The lowest BCUT2D eigenvalue weighted by Crippen LogP contribution is -2.57. The maximum atomic E-state index is 11.1. The first-order chi connectivity index (χ1) is 6.66. The summed E-state index contributed by atoms with van der Waals surface area (Å²) >= 11 is 0. The lowest BCUT2D eigenvalue weighted by atomic mass is 9.87. The number of nitrogens with one attached hydrogen (secondary N) is 1. The van der Waals surface area contributed by atoms with Gasteiger partial charge in [-0.05, 0) is 19.4 Å². The molecule has 2 heterocycles. The largest absolute Gasteiger partial charge is 0.385 e. The number of carbonyl (C=O) groups is 1. The van der Waals surface area contributed by atoms with Gasteiger partial charge < -0.3 is 16.0 Å². The van der Waals surface area contributed by atoms with Gasteiger partial charge in [0.1, 0.15) is 11.4 Å². The number of amides is 2. The van der Waals surface area contributed by atoms with Crippen LogP contribution in [0, 0.1) is 0 Å². The molecule has 5 nitrogen and oxygen atoms in total. The number of carbonyl (C=O) groups excluding carboxylic acids is 1. The van der Waals surface area contributed by atoms with Gasteiger partial charge in [0.25, 0.3) is 0 Å². The Labute approximate surface area is 83.4 Å². The van der Waals surface area contributed by atoms with Crippen molar-refractivity contribution in [3.05, 3.63) is 0 Å². The summed E-state index contributed by atoms with van der Waals surface area (Å²) in [7, 11) is 0. The Hall–Kier alpha value is -1.10. The van der Waals surface area contributed by atoms with Crippen LogP contribution in [0.4, 0.5) is 4.79 Å². The molecule has 14 heavy (non-hydrogen) atoms. The predicted molar refractivity (Wildman–Crippen MR) is 54.2 cm³/mol. The second kappa shape index (κ2) is 3.24. The topological polar surface area (TPSA) is 70.7 Å². The van der Waals surface area contributed by atoms with E-state index in [1.54, 1.807) is 0 Å². The highest BCUT2D eigenvalue weighted by Gasteiger charge is 2.43. The molecule has 1 spiro atoms. The smallest absolute Gasteiger partial charge is 0.343 e. The minimum atomic E-state index is -0.331.